The van der Waals surface area contributed by atoms with Gasteiger partial charge >= 0.3 is 0 Å². The number of rotatable bonds is 8. The molecular formula is C59H61ClN2O4. The number of nitrogens with zero attached hydrogens (tertiary/aromatic N) is 2. The molecule has 0 bridgehead atoms. The van der Waals surface area contributed by atoms with E-state index < -0.39 is 0 Å². The van der Waals surface area contributed by atoms with Crippen molar-refractivity contribution in [2.24, 2.45) is 0 Å². The Hall–Kier alpha value is -6.37. The number of aryl methyl sites for hydroxylation is 1. The monoisotopic (exact) mass is 896 g/mol. The molecule has 2 aliphatic rings. The summed E-state index contributed by atoms with van der Waals surface area (Å²) in [6.07, 6.45) is 0. The minimum atomic E-state index is -0.0310. The summed E-state index contributed by atoms with van der Waals surface area (Å²) in [5, 5.41) is 0.571. The maximum Gasteiger partial charge on any atom is 0.163 e. The minimum absolute atomic E-state index is 0.0310. The van der Waals surface area contributed by atoms with Crippen molar-refractivity contribution in [2.75, 3.05) is 36.2 Å². The molecule has 7 heteroatoms. The number of benzene rings is 7. The molecular weight excluding hydrogens is 836 g/mol. The van der Waals surface area contributed by atoms with Gasteiger partial charge in [-0.3, -0.25) is 0 Å². The lowest BCUT2D eigenvalue weighted by Gasteiger charge is -2.33. The van der Waals surface area contributed by atoms with E-state index in [4.69, 9.17) is 30.5 Å². The molecule has 6 nitrogen and oxygen atoms in total. The molecule has 2 aliphatic heterocycles. The SMILES string of the molecule is Cc1cc(N(c2ccc(C(C)(C)C)cc2)c2cc(-c3ccc(C(C)(C)C)cc3)cc(-c3ccc(C(C)(C)C)cc3)c2)c(Cl)c(N(c2ccc3c(c2)OCCO3)c2ccc3c(c2)OCCO3)c1. The van der Waals surface area contributed by atoms with Gasteiger partial charge < -0.3 is 28.7 Å². The number of halogens is 1. The maximum absolute atomic E-state index is 8.00. The number of anilines is 6. The number of ether oxygens (including phenoxy) is 4. The van der Waals surface area contributed by atoms with Gasteiger partial charge in [-0.15, -0.1) is 0 Å². The Kier molecular flexibility index (Phi) is 11.9. The van der Waals surface area contributed by atoms with E-state index in [9.17, 15) is 0 Å². The quantitative estimate of drug-likeness (QED) is 0.151. The first-order valence-electron chi connectivity index (χ1n) is 23.1. The molecule has 0 aliphatic carbocycles. The molecule has 7 aromatic carbocycles. The molecule has 0 saturated carbocycles. The Balaban J connectivity index is 1.28. The maximum atomic E-state index is 8.00. The number of hydrogen-bond donors (Lipinski definition) is 0. The van der Waals surface area contributed by atoms with Crippen molar-refractivity contribution in [1.82, 2.24) is 0 Å². The van der Waals surface area contributed by atoms with Crippen LogP contribution in [0.1, 0.15) is 84.6 Å². The van der Waals surface area contributed by atoms with Gasteiger partial charge in [0.15, 0.2) is 23.0 Å². The van der Waals surface area contributed by atoms with Gasteiger partial charge in [-0.1, -0.05) is 135 Å². The van der Waals surface area contributed by atoms with Crippen molar-refractivity contribution in [3.63, 3.8) is 0 Å². The highest BCUT2D eigenvalue weighted by molar-refractivity contribution is 6.36. The van der Waals surface area contributed by atoms with Crippen LogP contribution in [0.3, 0.4) is 0 Å². The van der Waals surface area contributed by atoms with Gasteiger partial charge in [0.05, 0.1) is 27.8 Å². The van der Waals surface area contributed by atoms with Crippen molar-refractivity contribution >= 4 is 45.7 Å². The van der Waals surface area contributed by atoms with Crippen LogP contribution >= 0.6 is 11.6 Å². The van der Waals surface area contributed by atoms with Gasteiger partial charge in [0.1, 0.15) is 26.4 Å². The zero-order valence-electron chi connectivity index (χ0n) is 40.0. The molecule has 0 amide bonds. The Morgan fingerprint density at radius 1 is 0.364 bits per heavy atom. The highest BCUT2D eigenvalue weighted by Gasteiger charge is 2.27. The fraction of sp³-hybridized carbons (Fsp3) is 0.288. The highest BCUT2D eigenvalue weighted by Crippen LogP contribution is 2.51. The topological polar surface area (TPSA) is 43.4 Å². The van der Waals surface area contributed by atoms with Crippen molar-refractivity contribution in [1.29, 1.82) is 0 Å². The van der Waals surface area contributed by atoms with Crippen LogP contribution in [0.5, 0.6) is 23.0 Å². The Labute approximate surface area is 396 Å². The smallest absolute Gasteiger partial charge is 0.163 e. The first-order valence-corrected chi connectivity index (χ1v) is 23.5. The van der Waals surface area contributed by atoms with Crippen LogP contribution in [-0.4, -0.2) is 26.4 Å². The third-order valence-corrected chi connectivity index (χ3v) is 13.0. The van der Waals surface area contributed by atoms with Gasteiger partial charge in [-0.2, -0.15) is 0 Å². The average molecular weight is 898 g/mol. The Bertz CT molecular complexity index is 2750. The molecule has 9 rings (SSSR count). The van der Waals surface area contributed by atoms with Crippen molar-refractivity contribution in [2.45, 2.75) is 85.5 Å². The van der Waals surface area contributed by atoms with Gasteiger partial charge in [-0.05, 0) is 134 Å². The van der Waals surface area contributed by atoms with Gasteiger partial charge in [0.25, 0.3) is 0 Å². The molecule has 0 atom stereocenters. The second kappa shape index (κ2) is 17.5. The van der Waals surface area contributed by atoms with E-state index >= 15 is 0 Å². The minimum Gasteiger partial charge on any atom is -0.486 e. The fourth-order valence-corrected chi connectivity index (χ4v) is 9.04. The summed E-state index contributed by atoms with van der Waals surface area (Å²) in [7, 11) is 0. The molecule has 0 saturated heterocycles. The van der Waals surface area contributed by atoms with Crippen molar-refractivity contribution in [3.8, 4) is 45.3 Å². The van der Waals surface area contributed by atoms with E-state index in [2.05, 4.69) is 194 Å². The second-order valence-electron chi connectivity index (χ2n) is 20.7. The van der Waals surface area contributed by atoms with Crippen LogP contribution in [-0.2, 0) is 16.2 Å². The summed E-state index contributed by atoms with van der Waals surface area (Å²) >= 11 is 8.00. The molecule has 2 heterocycles. The van der Waals surface area contributed by atoms with Crippen LogP contribution in [0.2, 0.25) is 5.02 Å². The van der Waals surface area contributed by atoms with Crippen LogP contribution in [0, 0.1) is 6.92 Å². The van der Waals surface area contributed by atoms with Crippen molar-refractivity contribution < 1.29 is 18.9 Å². The van der Waals surface area contributed by atoms with Gasteiger partial charge in [0, 0.05) is 23.5 Å². The number of fused-ring (bicyclic) bond motifs is 2. The molecule has 0 aromatic heterocycles. The number of hydrogen-bond acceptors (Lipinski definition) is 6. The summed E-state index contributed by atoms with van der Waals surface area (Å²) < 4.78 is 24.2. The third kappa shape index (κ3) is 9.21. The molecule has 338 valence electrons. The summed E-state index contributed by atoms with van der Waals surface area (Å²) in [6.45, 7) is 24.4. The largest absolute Gasteiger partial charge is 0.486 e. The van der Waals surface area contributed by atoms with Crippen LogP contribution in [0.15, 0.2) is 140 Å². The Morgan fingerprint density at radius 3 is 1.11 bits per heavy atom. The summed E-state index contributed by atoms with van der Waals surface area (Å²) in [4.78, 5) is 4.49. The second-order valence-corrected chi connectivity index (χ2v) is 21.0. The molecule has 0 radical (unpaired) electrons. The lowest BCUT2D eigenvalue weighted by atomic mass is 9.85. The normalized spacial score (nSPS) is 13.6. The van der Waals surface area contributed by atoms with Gasteiger partial charge in [0.2, 0.25) is 0 Å². The molecule has 0 unspecified atom stereocenters. The van der Waals surface area contributed by atoms with Crippen molar-refractivity contribution in [3.05, 3.63) is 167 Å². The van der Waals surface area contributed by atoms with E-state index in [1.165, 1.54) is 16.7 Å². The highest BCUT2D eigenvalue weighted by atomic mass is 35.5. The summed E-state index contributed by atoms with van der Waals surface area (Å²) in [6, 6.07) is 50.3. The predicted octanol–water partition coefficient (Wildman–Crippen LogP) is 16.4. The van der Waals surface area contributed by atoms with E-state index in [-0.39, 0.29) is 16.2 Å². The first kappa shape index (κ1) is 44.8. The van der Waals surface area contributed by atoms with E-state index in [1.54, 1.807) is 0 Å². The molecule has 0 spiro atoms. The lowest BCUT2D eigenvalue weighted by molar-refractivity contribution is 0.171. The van der Waals surface area contributed by atoms with Gasteiger partial charge in [-0.25, -0.2) is 0 Å². The zero-order valence-corrected chi connectivity index (χ0v) is 40.8. The summed E-state index contributed by atoms with van der Waals surface area (Å²) in [5.74, 6) is 2.79. The molecule has 66 heavy (non-hydrogen) atoms. The van der Waals surface area contributed by atoms with E-state index in [1.807, 2.05) is 24.3 Å². The standard InChI is InChI=1S/C59H61ClN2O4/c1-38-31-50(56(60)51(32-38)62(47-23-25-52-54(36-47)65-29-27-63-52)48-24-26-53-55(37-48)66-30-28-64-53)61(46-21-19-45(20-22-46)59(8,9)10)49-34-41(39-11-15-43(16-12-39)57(2,3)4)33-42(35-49)40-13-17-44(18-14-40)58(5,6)7/h11-26,31-37H,27-30H2,1-10H3. The molecule has 0 N–H and O–H groups in total. The van der Waals surface area contributed by atoms with E-state index in [0.717, 1.165) is 61.9 Å². The first-order chi connectivity index (χ1) is 31.4. The predicted molar refractivity (Wildman–Crippen MR) is 275 cm³/mol. The third-order valence-electron chi connectivity index (χ3n) is 12.6. The lowest BCUT2D eigenvalue weighted by Crippen LogP contribution is -2.18. The molecule has 0 fully saturated rings. The van der Waals surface area contributed by atoms with Crippen LogP contribution in [0.4, 0.5) is 34.1 Å². The zero-order chi connectivity index (χ0) is 46.5. The van der Waals surface area contributed by atoms with Crippen LogP contribution in [0.25, 0.3) is 22.3 Å². The fourth-order valence-electron chi connectivity index (χ4n) is 8.76. The average Bonchev–Trinajstić information content (AvgIpc) is 3.30. The Morgan fingerprint density at radius 2 is 0.712 bits per heavy atom. The summed E-state index contributed by atoms with van der Waals surface area (Å²) in [5.41, 5.74) is 14.7. The van der Waals surface area contributed by atoms with E-state index in [0.29, 0.717) is 54.4 Å². The molecule has 7 aromatic rings. The van der Waals surface area contributed by atoms with Crippen LogP contribution < -0.4 is 28.7 Å².